The van der Waals surface area contributed by atoms with Crippen molar-refractivity contribution in [3.63, 3.8) is 0 Å². The number of amides is 1. The summed E-state index contributed by atoms with van der Waals surface area (Å²) in [7, 11) is 0. The minimum absolute atomic E-state index is 0.185. The van der Waals surface area contributed by atoms with Gasteiger partial charge in [0.25, 0.3) is 0 Å². The monoisotopic (exact) mass is 452 g/mol. The van der Waals surface area contributed by atoms with Crippen LogP contribution >= 0.6 is 11.6 Å². The van der Waals surface area contributed by atoms with E-state index in [9.17, 15) is 4.79 Å². The molecule has 4 nitrogen and oxygen atoms in total. The number of allylic oxidation sites excluding steroid dienone is 1. The molecule has 1 aromatic heterocycles. The molecule has 1 fully saturated rings. The summed E-state index contributed by atoms with van der Waals surface area (Å²) in [6.45, 7) is 9.36. The van der Waals surface area contributed by atoms with Crippen molar-refractivity contribution in [2.45, 2.75) is 64.9 Å². The van der Waals surface area contributed by atoms with Gasteiger partial charge in [-0.2, -0.15) is 0 Å². The van der Waals surface area contributed by atoms with E-state index in [2.05, 4.69) is 31.2 Å². The highest BCUT2D eigenvalue weighted by Crippen LogP contribution is 2.45. The minimum Gasteiger partial charge on any atom is -0.444 e. The Hall–Kier alpha value is -2.33. The van der Waals surface area contributed by atoms with E-state index in [-0.39, 0.29) is 12.0 Å². The summed E-state index contributed by atoms with van der Waals surface area (Å²) in [6.07, 6.45) is 7.93. The fourth-order valence-electron chi connectivity index (χ4n) is 5.00. The molecule has 1 aliphatic heterocycles. The molecule has 1 saturated heterocycles. The molecule has 0 saturated carbocycles. The summed E-state index contributed by atoms with van der Waals surface area (Å²) in [6, 6.07) is 10.5. The van der Waals surface area contributed by atoms with Gasteiger partial charge in [0, 0.05) is 30.2 Å². The van der Waals surface area contributed by atoms with E-state index in [1.807, 2.05) is 44.0 Å². The zero-order valence-corrected chi connectivity index (χ0v) is 20.3. The van der Waals surface area contributed by atoms with Gasteiger partial charge in [-0.3, -0.25) is 4.98 Å². The molecule has 0 radical (unpaired) electrons. The molecule has 0 N–H and O–H groups in total. The summed E-state index contributed by atoms with van der Waals surface area (Å²) >= 11 is 6.40. The number of pyridine rings is 1. The molecule has 2 aromatic rings. The summed E-state index contributed by atoms with van der Waals surface area (Å²) in [5.41, 5.74) is 5.74. The first kappa shape index (κ1) is 22.8. The van der Waals surface area contributed by atoms with Crippen LogP contribution in [0.4, 0.5) is 4.79 Å². The van der Waals surface area contributed by atoms with E-state index in [4.69, 9.17) is 21.3 Å². The van der Waals surface area contributed by atoms with E-state index >= 15 is 0 Å². The number of ether oxygens (including phenoxy) is 1. The summed E-state index contributed by atoms with van der Waals surface area (Å²) in [5.74, 6) is 0.585. The fraction of sp³-hybridized carbons (Fsp3) is 0.481. The molecule has 0 bridgehead atoms. The number of likely N-dealkylation sites (tertiary alicyclic amines) is 1. The van der Waals surface area contributed by atoms with Gasteiger partial charge in [0.1, 0.15) is 5.60 Å². The van der Waals surface area contributed by atoms with Gasteiger partial charge in [-0.1, -0.05) is 43.2 Å². The largest absolute Gasteiger partial charge is 0.444 e. The van der Waals surface area contributed by atoms with Gasteiger partial charge in [0.05, 0.1) is 5.69 Å². The van der Waals surface area contributed by atoms with Gasteiger partial charge < -0.3 is 9.64 Å². The molecule has 5 heteroatoms. The van der Waals surface area contributed by atoms with Crippen molar-refractivity contribution >= 4 is 29.3 Å². The number of aromatic nitrogens is 1. The summed E-state index contributed by atoms with van der Waals surface area (Å²) in [5, 5.41) is 0.758. The van der Waals surface area contributed by atoms with Crippen molar-refractivity contribution in [2.24, 2.45) is 5.92 Å². The number of hydrogen-bond acceptors (Lipinski definition) is 3. The molecule has 1 atom stereocenters. The highest BCUT2D eigenvalue weighted by molar-refractivity contribution is 6.30. The second kappa shape index (κ2) is 9.27. The van der Waals surface area contributed by atoms with Crippen LogP contribution in [0.2, 0.25) is 5.02 Å². The lowest BCUT2D eigenvalue weighted by Crippen LogP contribution is -2.42. The van der Waals surface area contributed by atoms with Crippen LogP contribution in [0.3, 0.4) is 0 Å². The van der Waals surface area contributed by atoms with E-state index in [0.717, 1.165) is 36.4 Å². The van der Waals surface area contributed by atoms with Gasteiger partial charge in [0.2, 0.25) is 0 Å². The lowest BCUT2D eigenvalue weighted by molar-refractivity contribution is 0.0178. The average Bonchev–Trinajstić information content (AvgIpc) is 2.87. The van der Waals surface area contributed by atoms with Gasteiger partial charge in [0.15, 0.2) is 0 Å². The Morgan fingerprint density at radius 1 is 1.22 bits per heavy atom. The molecular weight excluding hydrogens is 420 g/mol. The smallest absolute Gasteiger partial charge is 0.410 e. The van der Waals surface area contributed by atoms with Gasteiger partial charge in [-0.25, -0.2) is 4.79 Å². The lowest BCUT2D eigenvalue weighted by Gasteiger charge is -2.37. The number of fused-ring (bicyclic) bond motifs is 2. The third-order valence-corrected chi connectivity index (χ3v) is 6.61. The molecule has 1 aromatic carbocycles. The number of piperidine rings is 1. The Morgan fingerprint density at radius 2 is 1.97 bits per heavy atom. The molecule has 1 amide bonds. The third-order valence-electron chi connectivity index (χ3n) is 6.37. The van der Waals surface area contributed by atoms with Crippen LogP contribution in [0, 0.1) is 5.92 Å². The average molecular weight is 453 g/mol. The highest BCUT2D eigenvalue weighted by Gasteiger charge is 2.36. The van der Waals surface area contributed by atoms with E-state index in [1.54, 1.807) is 0 Å². The third kappa shape index (κ3) is 4.85. The number of carbonyl (C=O) groups excluding carboxylic acids is 1. The molecule has 2 aliphatic rings. The molecular formula is C27H33ClN2O2. The van der Waals surface area contributed by atoms with Gasteiger partial charge in [-0.05, 0) is 86.4 Å². The topological polar surface area (TPSA) is 42.4 Å². The maximum Gasteiger partial charge on any atom is 0.410 e. The Labute approximate surface area is 196 Å². The molecule has 0 spiro atoms. The number of rotatable bonds is 3. The van der Waals surface area contributed by atoms with Crippen LogP contribution in [0.5, 0.6) is 0 Å². The lowest BCUT2D eigenvalue weighted by atomic mass is 9.76. The van der Waals surface area contributed by atoms with Crippen molar-refractivity contribution in [3.05, 3.63) is 63.9 Å². The molecule has 170 valence electrons. The van der Waals surface area contributed by atoms with E-state index in [0.29, 0.717) is 19.0 Å². The van der Waals surface area contributed by atoms with Crippen LogP contribution in [0.1, 0.15) is 81.7 Å². The SMILES string of the molecule is CCCC1=Cc2cc(Cl)ccc2C(C2CCN(C(=O)OC(C)(C)C)CC2)c2ncccc21. The standard InChI is InChI=1S/C27H33ClN2O2/c1-5-7-19-16-20-17-21(28)9-10-22(20)24(25-23(19)8-6-13-29-25)18-11-14-30(15-12-18)26(31)32-27(2,3)4/h6,8-10,13,16-18,24H,5,7,11-12,14-15H2,1-4H3. The Bertz CT molecular complexity index is 1020. The Morgan fingerprint density at radius 3 is 2.66 bits per heavy atom. The number of nitrogens with zero attached hydrogens (tertiary/aromatic N) is 2. The van der Waals surface area contributed by atoms with E-state index in [1.165, 1.54) is 22.3 Å². The maximum atomic E-state index is 12.6. The highest BCUT2D eigenvalue weighted by atomic mass is 35.5. The zero-order chi connectivity index (χ0) is 22.9. The number of carbonyl (C=O) groups is 1. The van der Waals surface area contributed by atoms with Crippen LogP contribution in [0.25, 0.3) is 11.6 Å². The summed E-state index contributed by atoms with van der Waals surface area (Å²) in [4.78, 5) is 19.3. The maximum absolute atomic E-state index is 12.6. The molecule has 32 heavy (non-hydrogen) atoms. The Kier molecular flexibility index (Phi) is 6.62. The molecule has 1 unspecified atom stereocenters. The second-order valence-corrected chi connectivity index (χ2v) is 10.3. The quantitative estimate of drug-likeness (QED) is 0.495. The molecule has 1 aliphatic carbocycles. The zero-order valence-electron chi connectivity index (χ0n) is 19.5. The minimum atomic E-state index is -0.475. The Balaban J connectivity index is 1.67. The molecule has 4 rings (SSSR count). The molecule has 2 heterocycles. The van der Waals surface area contributed by atoms with Crippen LogP contribution in [-0.4, -0.2) is 34.7 Å². The van der Waals surface area contributed by atoms with Crippen molar-refractivity contribution < 1.29 is 9.53 Å². The van der Waals surface area contributed by atoms with Crippen LogP contribution < -0.4 is 0 Å². The fourth-order valence-corrected chi connectivity index (χ4v) is 5.18. The predicted molar refractivity (Wildman–Crippen MR) is 131 cm³/mol. The van der Waals surface area contributed by atoms with Crippen molar-refractivity contribution in [1.82, 2.24) is 9.88 Å². The van der Waals surface area contributed by atoms with Crippen LogP contribution in [-0.2, 0) is 4.74 Å². The second-order valence-electron chi connectivity index (χ2n) is 9.91. The van der Waals surface area contributed by atoms with Gasteiger partial charge in [-0.15, -0.1) is 0 Å². The first-order valence-corrected chi connectivity index (χ1v) is 12.1. The predicted octanol–water partition coefficient (Wildman–Crippen LogP) is 7.17. The first-order valence-electron chi connectivity index (χ1n) is 11.7. The van der Waals surface area contributed by atoms with Crippen molar-refractivity contribution in [2.75, 3.05) is 13.1 Å². The number of hydrogen-bond donors (Lipinski definition) is 0. The summed E-state index contributed by atoms with van der Waals surface area (Å²) < 4.78 is 5.60. The number of benzene rings is 1. The van der Waals surface area contributed by atoms with Gasteiger partial charge >= 0.3 is 6.09 Å². The van der Waals surface area contributed by atoms with Crippen molar-refractivity contribution in [3.8, 4) is 0 Å². The number of halogens is 1. The van der Waals surface area contributed by atoms with Crippen molar-refractivity contribution in [1.29, 1.82) is 0 Å². The normalized spacial score (nSPS) is 19.0. The van der Waals surface area contributed by atoms with E-state index < -0.39 is 5.60 Å². The first-order chi connectivity index (χ1) is 15.3. The van der Waals surface area contributed by atoms with Crippen LogP contribution in [0.15, 0.2) is 36.5 Å².